The second-order valence-corrected chi connectivity index (χ2v) is 5.92. The molecule has 2 rings (SSSR count). The van der Waals surface area contributed by atoms with E-state index in [0.717, 1.165) is 32.5 Å². The van der Waals surface area contributed by atoms with Gasteiger partial charge in [0, 0.05) is 13.1 Å². The van der Waals surface area contributed by atoms with E-state index in [0.29, 0.717) is 24.4 Å². The third-order valence-electron chi connectivity index (χ3n) is 3.42. The van der Waals surface area contributed by atoms with Crippen LogP contribution in [0.2, 0.25) is 0 Å². The van der Waals surface area contributed by atoms with Gasteiger partial charge in [0.15, 0.2) is 0 Å². The van der Waals surface area contributed by atoms with E-state index in [-0.39, 0.29) is 11.9 Å². The van der Waals surface area contributed by atoms with Crippen molar-refractivity contribution < 1.29 is 9.21 Å². The molecule has 1 saturated heterocycles. The second-order valence-electron chi connectivity index (χ2n) is 5.92. The Morgan fingerprint density at radius 1 is 1.29 bits per heavy atom. The molecule has 7 heteroatoms. The van der Waals surface area contributed by atoms with Crippen LogP contribution in [0, 0.1) is 5.92 Å². The van der Waals surface area contributed by atoms with Gasteiger partial charge in [-0.1, -0.05) is 18.9 Å². The highest BCUT2D eigenvalue weighted by molar-refractivity contribution is 5.83. The van der Waals surface area contributed by atoms with Crippen LogP contribution in [0.5, 0.6) is 0 Å². The molecule has 1 aromatic heterocycles. The van der Waals surface area contributed by atoms with Gasteiger partial charge in [-0.3, -0.25) is 4.79 Å². The zero-order chi connectivity index (χ0) is 15.2. The van der Waals surface area contributed by atoms with Crippen molar-refractivity contribution in [2.75, 3.05) is 25.0 Å². The predicted molar refractivity (Wildman–Crippen MR) is 79.7 cm³/mol. The summed E-state index contributed by atoms with van der Waals surface area (Å²) in [6.07, 6.45) is 2.18. The summed E-state index contributed by atoms with van der Waals surface area (Å²) in [4.78, 5) is 14.0. The second kappa shape index (κ2) is 7.40. The number of hydrogen-bond donors (Lipinski definition) is 2. The number of nitrogens with one attached hydrogen (secondary N) is 2. The molecule has 1 fully saturated rings. The van der Waals surface area contributed by atoms with Gasteiger partial charge >= 0.3 is 6.01 Å². The SMILES string of the molecule is CC(C)CNCc1nnc(NC(C)C(=O)N2CCCC2)o1. The quantitative estimate of drug-likeness (QED) is 0.787. The van der Waals surface area contributed by atoms with Crippen molar-refractivity contribution in [3.8, 4) is 0 Å². The number of rotatable bonds is 7. The molecule has 2 heterocycles. The maximum Gasteiger partial charge on any atom is 0.316 e. The van der Waals surface area contributed by atoms with Gasteiger partial charge < -0.3 is 20.0 Å². The van der Waals surface area contributed by atoms with Crippen LogP contribution in [-0.4, -0.2) is 46.7 Å². The van der Waals surface area contributed by atoms with Crippen LogP contribution in [0.3, 0.4) is 0 Å². The normalized spacial score (nSPS) is 16.5. The van der Waals surface area contributed by atoms with Gasteiger partial charge in [0.2, 0.25) is 11.8 Å². The molecule has 118 valence electrons. The Labute approximate surface area is 125 Å². The van der Waals surface area contributed by atoms with E-state index in [1.54, 1.807) is 0 Å². The van der Waals surface area contributed by atoms with Crippen LogP contribution >= 0.6 is 0 Å². The molecule has 0 spiro atoms. The molecule has 1 aliphatic heterocycles. The zero-order valence-electron chi connectivity index (χ0n) is 13.1. The molecule has 0 radical (unpaired) electrons. The molecule has 1 aliphatic rings. The van der Waals surface area contributed by atoms with Crippen molar-refractivity contribution in [3.05, 3.63) is 5.89 Å². The summed E-state index contributed by atoms with van der Waals surface area (Å²) in [5.41, 5.74) is 0. The van der Waals surface area contributed by atoms with E-state index in [2.05, 4.69) is 34.7 Å². The van der Waals surface area contributed by atoms with E-state index in [4.69, 9.17) is 4.42 Å². The number of likely N-dealkylation sites (tertiary alicyclic amines) is 1. The third-order valence-corrected chi connectivity index (χ3v) is 3.42. The van der Waals surface area contributed by atoms with E-state index < -0.39 is 0 Å². The molecule has 0 aliphatic carbocycles. The van der Waals surface area contributed by atoms with Crippen LogP contribution < -0.4 is 10.6 Å². The molecule has 1 atom stereocenters. The lowest BCUT2D eigenvalue weighted by atomic mass is 10.2. The smallest absolute Gasteiger partial charge is 0.316 e. The largest absolute Gasteiger partial charge is 0.407 e. The summed E-state index contributed by atoms with van der Waals surface area (Å²) in [6, 6.07) is -0.0450. The summed E-state index contributed by atoms with van der Waals surface area (Å²) in [7, 11) is 0. The third kappa shape index (κ3) is 4.70. The van der Waals surface area contributed by atoms with Crippen molar-refractivity contribution in [1.82, 2.24) is 20.4 Å². The Balaban J connectivity index is 1.79. The fourth-order valence-electron chi connectivity index (χ4n) is 2.31. The van der Waals surface area contributed by atoms with Gasteiger partial charge in [0.05, 0.1) is 6.54 Å². The Kier molecular flexibility index (Phi) is 5.55. The predicted octanol–water partition coefficient (Wildman–Crippen LogP) is 1.24. The first-order chi connectivity index (χ1) is 10.1. The fourth-order valence-corrected chi connectivity index (χ4v) is 2.31. The summed E-state index contributed by atoms with van der Waals surface area (Å²) >= 11 is 0. The topological polar surface area (TPSA) is 83.3 Å². The lowest BCUT2D eigenvalue weighted by Gasteiger charge is -2.20. The summed E-state index contributed by atoms with van der Waals surface area (Å²) in [5.74, 6) is 1.19. The van der Waals surface area contributed by atoms with Crippen molar-refractivity contribution >= 4 is 11.9 Å². The van der Waals surface area contributed by atoms with E-state index >= 15 is 0 Å². The minimum atomic E-state index is -0.347. The molecule has 21 heavy (non-hydrogen) atoms. The standard InChI is InChI=1S/C14H25N5O2/c1-10(2)8-15-9-12-17-18-14(21-12)16-11(3)13(20)19-6-4-5-7-19/h10-11,15H,4-9H2,1-3H3,(H,16,18). The molecule has 7 nitrogen and oxygen atoms in total. The van der Waals surface area contributed by atoms with Crippen molar-refractivity contribution in [2.24, 2.45) is 5.92 Å². The highest BCUT2D eigenvalue weighted by Crippen LogP contribution is 2.12. The Morgan fingerprint density at radius 2 is 2.00 bits per heavy atom. The summed E-state index contributed by atoms with van der Waals surface area (Å²) in [5, 5.41) is 14.1. The summed E-state index contributed by atoms with van der Waals surface area (Å²) < 4.78 is 5.48. The Bertz CT molecular complexity index is 454. The van der Waals surface area contributed by atoms with Crippen LogP contribution in [0.1, 0.15) is 39.5 Å². The first-order valence-corrected chi connectivity index (χ1v) is 7.64. The van der Waals surface area contributed by atoms with Gasteiger partial charge in [-0.2, -0.15) is 0 Å². The highest BCUT2D eigenvalue weighted by atomic mass is 16.4. The van der Waals surface area contributed by atoms with Gasteiger partial charge in [-0.25, -0.2) is 0 Å². The number of nitrogens with zero attached hydrogens (tertiary/aromatic N) is 3. The number of aromatic nitrogens is 2. The van der Waals surface area contributed by atoms with Crippen molar-refractivity contribution in [3.63, 3.8) is 0 Å². The van der Waals surface area contributed by atoms with Gasteiger partial charge in [0.1, 0.15) is 6.04 Å². The van der Waals surface area contributed by atoms with Crippen LogP contribution in [0.4, 0.5) is 6.01 Å². The van der Waals surface area contributed by atoms with Gasteiger partial charge in [-0.05, 0) is 32.2 Å². The molecular weight excluding hydrogens is 270 g/mol. The van der Waals surface area contributed by atoms with E-state index in [1.807, 2.05) is 11.8 Å². The highest BCUT2D eigenvalue weighted by Gasteiger charge is 2.24. The Morgan fingerprint density at radius 3 is 2.67 bits per heavy atom. The number of hydrogen-bond acceptors (Lipinski definition) is 6. The van der Waals surface area contributed by atoms with Gasteiger partial charge in [-0.15, -0.1) is 5.10 Å². The number of carbonyl (C=O) groups is 1. The Hall–Kier alpha value is -1.63. The van der Waals surface area contributed by atoms with Crippen LogP contribution in [0.25, 0.3) is 0 Å². The van der Waals surface area contributed by atoms with Crippen molar-refractivity contribution in [2.45, 2.75) is 46.2 Å². The molecule has 1 aromatic rings. The molecule has 2 N–H and O–H groups in total. The zero-order valence-corrected chi connectivity index (χ0v) is 13.1. The fraction of sp³-hybridized carbons (Fsp3) is 0.786. The maximum absolute atomic E-state index is 12.2. The van der Waals surface area contributed by atoms with E-state index in [1.165, 1.54) is 0 Å². The van der Waals surface area contributed by atoms with Crippen LogP contribution in [-0.2, 0) is 11.3 Å². The van der Waals surface area contributed by atoms with Gasteiger partial charge in [0.25, 0.3) is 0 Å². The van der Waals surface area contributed by atoms with Crippen molar-refractivity contribution in [1.29, 1.82) is 0 Å². The number of carbonyl (C=O) groups excluding carboxylic acids is 1. The lowest BCUT2D eigenvalue weighted by Crippen LogP contribution is -2.39. The van der Waals surface area contributed by atoms with Crippen LogP contribution in [0.15, 0.2) is 4.42 Å². The monoisotopic (exact) mass is 295 g/mol. The molecular formula is C14H25N5O2. The molecule has 1 unspecified atom stereocenters. The minimum absolute atomic E-state index is 0.0881. The number of anilines is 1. The molecule has 0 bridgehead atoms. The number of amides is 1. The average Bonchev–Trinajstić information content (AvgIpc) is 3.09. The minimum Gasteiger partial charge on any atom is -0.407 e. The average molecular weight is 295 g/mol. The molecule has 0 saturated carbocycles. The first-order valence-electron chi connectivity index (χ1n) is 7.64. The van der Waals surface area contributed by atoms with E-state index in [9.17, 15) is 4.79 Å². The molecule has 0 aromatic carbocycles. The first kappa shape index (κ1) is 15.8. The molecule has 1 amide bonds. The summed E-state index contributed by atoms with van der Waals surface area (Å²) in [6.45, 7) is 9.23. The maximum atomic E-state index is 12.2. The lowest BCUT2D eigenvalue weighted by molar-refractivity contribution is -0.130.